The molecular weight excluding hydrogens is 388 g/mol. The van der Waals surface area contributed by atoms with Gasteiger partial charge in [-0.05, 0) is 49.1 Å². The Morgan fingerprint density at radius 1 is 0.966 bits per heavy atom. The lowest BCUT2D eigenvalue weighted by Gasteiger charge is -2.25. The number of primary sulfonamides is 1. The lowest BCUT2D eigenvalue weighted by Crippen LogP contribution is -2.32. The van der Waals surface area contributed by atoms with Crippen LogP contribution in [0.2, 0.25) is 0 Å². The fourth-order valence-corrected chi connectivity index (χ4v) is 4.01. The highest BCUT2D eigenvalue weighted by atomic mass is 32.2. The van der Waals surface area contributed by atoms with E-state index < -0.39 is 10.0 Å². The number of sulfonamides is 1. The molecule has 3 rings (SSSR count). The summed E-state index contributed by atoms with van der Waals surface area (Å²) in [5.41, 5.74) is 2.79. The predicted molar refractivity (Wildman–Crippen MR) is 116 cm³/mol. The van der Waals surface area contributed by atoms with Gasteiger partial charge in [0.2, 0.25) is 10.0 Å². The Morgan fingerprint density at radius 3 is 2.28 bits per heavy atom. The van der Waals surface area contributed by atoms with E-state index >= 15 is 0 Å². The van der Waals surface area contributed by atoms with Gasteiger partial charge in [-0.15, -0.1) is 0 Å². The number of hydrogen-bond acceptors (Lipinski definition) is 4. The third-order valence-electron chi connectivity index (χ3n) is 5.05. The van der Waals surface area contributed by atoms with Crippen molar-refractivity contribution in [2.45, 2.75) is 37.0 Å². The zero-order valence-corrected chi connectivity index (χ0v) is 17.2. The number of urea groups is 1. The topological polar surface area (TPSA) is 105 Å². The van der Waals surface area contributed by atoms with Crippen molar-refractivity contribution in [1.29, 1.82) is 0 Å². The third-order valence-corrected chi connectivity index (χ3v) is 5.98. The second-order valence-corrected chi connectivity index (χ2v) is 8.80. The first-order valence-corrected chi connectivity index (χ1v) is 11.5. The first-order valence-electron chi connectivity index (χ1n) is 9.94. The van der Waals surface area contributed by atoms with Crippen LogP contribution in [0.15, 0.2) is 53.4 Å². The molecule has 0 atom stereocenters. The van der Waals surface area contributed by atoms with E-state index in [9.17, 15) is 13.2 Å². The second kappa shape index (κ2) is 9.76. The Bertz CT molecular complexity index is 921. The monoisotopic (exact) mass is 416 g/mol. The highest BCUT2D eigenvalue weighted by Crippen LogP contribution is 2.27. The highest BCUT2D eigenvalue weighted by molar-refractivity contribution is 7.89. The van der Waals surface area contributed by atoms with Crippen molar-refractivity contribution < 1.29 is 13.2 Å². The Balaban J connectivity index is 1.53. The van der Waals surface area contributed by atoms with E-state index in [-0.39, 0.29) is 10.9 Å². The van der Waals surface area contributed by atoms with Crippen LogP contribution in [-0.2, 0) is 16.4 Å². The van der Waals surface area contributed by atoms with Crippen LogP contribution in [0.5, 0.6) is 0 Å². The molecule has 0 aliphatic carbocycles. The van der Waals surface area contributed by atoms with E-state index in [0.717, 1.165) is 30.0 Å². The number of nitrogens with zero attached hydrogens (tertiary/aromatic N) is 1. The van der Waals surface area contributed by atoms with Gasteiger partial charge in [0, 0.05) is 19.6 Å². The fraction of sp³-hybridized carbons (Fsp3) is 0.381. The maximum atomic E-state index is 12.4. The summed E-state index contributed by atoms with van der Waals surface area (Å²) >= 11 is 0. The molecule has 1 saturated heterocycles. The van der Waals surface area contributed by atoms with Crippen LogP contribution >= 0.6 is 0 Å². The minimum absolute atomic E-state index is 0.0806. The molecule has 0 bridgehead atoms. The average molecular weight is 417 g/mol. The molecule has 4 N–H and O–H groups in total. The van der Waals surface area contributed by atoms with Crippen molar-refractivity contribution in [2.24, 2.45) is 5.14 Å². The molecular formula is C21H28N4O3S. The van der Waals surface area contributed by atoms with Crippen molar-refractivity contribution in [2.75, 3.05) is 29.9 Å². The van der Waals surface area contributed by atoms with E-state index in [0.29, 0.717) is 13.0 Å². The molecule has 1 fully saturated rings. The van der Waals surface area contributed by atoms with Crippen molar-refractivity contribution in [3.8, 4) is 0 Å². The first-order chi connectivity index (χ1) is 13.9. The maximum Gasteiger partial charge on any atom is 0.319 e. The van der Waals surface area contributed by atoms with E-state index in [2.05, 4.69) is 15.5 Å². The van der Waals surface area contributed by atoms with Gasteiger partial charge in [0.05, 0.1) is 16.3 Å². The molecule has 0 unspecified atom stereocenters. The molecule has 1 heterocycles. The van der Waals surface area contributed by atoms with Crippen LogP contribution in [-0.4, -0.2) is 34.1 Å². The second-order valence-electron chi connectivity index (χ2n) is 7.24. The van der Waals surface area contributed by atoms with Gasteiger partial charge >= 0.3 is 6.03 Å². The molecule has 1 aliphatic heterocycles. The predicted octanol–water partition coefficient (Wildman–Crippen LogP) is 3.08. The number of rotatable bonds is 6. The summed E-state index contributed by atoms with van der Waals surface area (Å²) < 4.78 is 22.6. The summed E-state index contributed by atoms with van der Waals surface area (Å²) in [5, 5.41) is 10.9. The van der Waals surface area contributed by atoms with Gasteiger partial charge in [0.15, 0.2) is 0 Å². The molecule has 8 heteroatoms. The van der Waals surface area contributed by atoms with E-state index in [1.165, 1.54) is 37.8 Å². The number of anilines is 2. The summed E-state index contributed by atoms with van der Waals surface area (Å²) in [6.07, 6.45) is 5.44. The van der Waals surface area contributed by atoms with E-state index in [1.54, 1.807) is 12.1 Å². The smallest absolute Gasteiger partial charge is 0.319 e. The number of carbonyl (C=O) groups excluding carboxylic acids is 1. The van der Waals surface area contributed by atoms with Crippen LogP contribution in [0.25, 0.3) is 0 Å². The van der Waals surface area contributed by atoms with Crippen LogP contribution < -0.4 is 20.7 Å². The van der Waals surface area contributed by atoms with E-state index in [1.807, 2.05) is 24.3 Å². The van der Waals surface area contributed by atoms with Crippen molar-refractivity contribution in [3.63, 3.8) is 0 Å². The summed E-state index contributed by atoms with van der Waals surface area (Å²) in [4.78, 5) is 14.8. The molecule has 0 aromatic heterocycles. The number of nitrogens with two attached hydrogens (primary N) is 1. The molecule has 2 aromatic carbocycles. The Hall–Kier alpha value is -2.58. The lowest BCUT2D eigenvalue weighted by molar-refractivity contribution is 0.252. The molecule has 156 valence electrons. The number of benzene rings is 2. The number of amides is 2. The zero-order valence-electron chi connectivity index (χ0n) is 16.4. The molecule has 0 radical (unpaired) electrons. The fourth-order valence-electron chi connectivity index (χ4n) is 3.50. The van der Waals surface area contributed by atoms with Crippen molar-refractivity contribution >= 4 is 27.4 Å². The van der Waals surface area contributed by atoms with Crippen molar-refractivity contribution in [1.82, 2.24) is 5.32 Å². The Kier molecular flexibility index (Phi) is 7.11. The largest absolute Gasteiger partial charge is 0.370 e. The summed E-state index contributed by atoms with van der Waals surface area (Å²) in [5.74, 6) is 0. The lowest BCUT2D eigenvalue weighted by atomic mass is 10.1. The first kappa shape index (κ1) is 21.1. The van der Waals surface area contributed by atoms with Crippen LogP contribution in [0, 0.1) is 0 Å². The molecule has 7 nitrogen and oxygen atoms in total. The van der Waals surface area contributed by atoms with Gasteiger partial charge in [0.1, 0.15) is 0 Å². The van der Waals surface area contributed by atoms with Gasteiger partial charge in [-0.1, -0.05) is 37.1 Å². The third kappa shape index (κ3) is 6.20. The number of para-hydroxylation sites is 2. The Morgan fingerprint density at radius 2 is 1.62 bits per heavy atom. The molecule has 0 spiro atoms. The molecule has 1 aliphatic rings. The molecule has 29 heavy (non-hydrogen) atoms. The minimum atomic E-state index is -3.69. The Labute approximate surface area is 172 Å². The van der Waals surface area contributed by atoms with Gasteiger partial charge in [-0.3, -0.25) is 0 Å². The van der Waals surface area contributed by atoms with Crippen LogP contribution in [0.1, 0.15) is 31.2 Å². The normalized spacial score (nSPS) is 14.9. The quantitative estimate of drug-likeness (QED) is 0.673. The summed E-state index contributed by atoms with van der Waals surface area (Å²) in [6, 6.07) is 14.0. The minimum Gasteiger partial charge on any atom is -0.370 e. The summed E-state index contributed by atoms with van der Waals surface area (Å²) in [6.45, 7) is 2.45. The molecule has 2 amide bonds. The van der Waals surface area contributed by atoms with Crippen LogP contribution in [0.3, 0.4) is 0 Å². The van der Waals surface area contributed by atoms with Gasteiger partial charge < -0.3 is 15.5 Å². The van der Waals surface area contributed by atoms with Gasteiger partial charge in [-0.25, -0.2) is 18.4 Å². The van der Waals surface area contributed by atoms with Gasteiger partial charge in [-0.2, -0.15) is 0 Å². The highest BCUT2D eigenvalue weighted by Gasteiger charge is 2.14. The average Bonchev–Trinajstić information content (AvgIpc) is 2.97. The number of nitrogens with one attached hydrogen (secondary N) is 2. The van der Waals surface area contributed by atoms with Crippen LogP contribution in [0.4, 0.5) is 16.2 Å². The number of hydrogen-bond donors (Lipinski definition) is 3. The molecule has 0 saturated carbocycles. The zero-order chi connectivity index (χ0) is 20.7. The SMILES string of the molecule is NS(=O)(=O)c1ccc(CCNC(=O)Nc2ccccc2N2CCCCCC2)cc1. The summed E-state index contributed by atoms with van der Waals surface area (Å²) in [7, 11) is -3.69. The maximum absolute atomic E-state index is 12.4. The standard InChI is InChI=1S/C21H28N4O3S/c22-29(27,28)18-11-9-17(10-12-18)13-14-23-21(26)24-19-7-3-4-8-20(19)25-15-5-1-2-6-16-25/h3-4,7-12H,1-2,5-6,13-16H2,(H2,22,27,28)(H2,23,24,26). The number of carbonyl (C=O) groups is 1. The van der Waals surface area contributed by atoms with Gasteiger partial charge in [0.25, 0.3) is 0 Å². The van der Waals surface area contributed by atoms with E-state index in [4.69, 9.17) is 5.14 Å². The molecule has 2 aromatic rings. The van der Waals surface area contributed by atoms with Crippen molar-refractivity contribution in [3.05, 3.63) is 54.1 Å².